The lowest BCUT2D eigenvalue weighted by Gasteiger charge is -2.04. The van der Waals surface area contributed by atoms with Crippen molar-refractivity contribution < 1.29 is 4.74 Å². The fourth-order valence-corrected chi connectivity index (χ4v) is 1.92. The number of alkyl halides is 1. The molecule has 90 valence electrons. The van der Waals surface area contributed by atoms with Crippen molar-refractivity contribution in [1.29, 1.82) is 0 Å². The van der Waals surface area contributed by atoms with Gasteiger partial charge in [0.05, 0.1) is 6.61 Å². The summed E-state index contributed by atoms with van der Waals surface area (Å²) in [5.41, 5.74) is 2.69. The first-order chi connectivity index (χ1) is 7.83. The van der Waals surface area contributed by atoms with E-state index in [2.05, 4.69) is 47.1 Å². The highest BCUT2D eigenvalue weighted by Gasteiger charge is 1.93. The molecule has 0 aliphatic carbocycles. The second kappa shape index (κ2) is 8.77. The molecule has 1 nitrogen and oxygen atoms in total. The molecule has 0 saturated heterocycles. The summed E-state index contributed by atoms with van der Waals surface area (Å²) in [5.74, 6) is 0. The number of rotatable bonds is 8. The van der Waals surface area contributed by atoms with E-state index in [1.807, 2.05) is 0 Å². The molecule has 0 amide bonds. The Balaban J connectivity index is 2.01. The third kappa shape index (κ3) is 6.29. The second-order valence-electron chi connectivity index (χ2n) is 4.10. The van der Waals surface area contributed by atoms with Crippen molar-refractivity contribution in [2.75, 3.05) is 18.5 Å². The Morgan fingerprint density at radius 2 is 1.75 bits per heavy atom. The highest BCUT2D eigenvalue weighted by Crippen LogP contribution is 2.04. The molecule has 0 heterocycles. The van der Waals surface area contributed by atoms with Crippen LogP contribution in [0.5, 0.6) is 0 Å². The van der Waals surface area contributed by atoms with Gasteiger partial charge in [-0.15, -0.1) is 0 Å². The van der Waals surface area contributed by atoms with Crippen LogP contribution in [0.25, 0.3) is 0 Å². The highest BCUT2D eigenvalue weighted by molar-refractivity contribution is 9.09. The summed E-state index contributed by atoms with van der Waals surface area (Å²) >= 11 is 3.43. The minimum Gasteiger partial charge on any atom is -0.381 e. The summed E-state index contributed by atoms with van der Waals surface area (Å²) in [7, 11) is 0. The zero-order chi connectivity index (χ0) is 11.6. The Hall–Kier alpha value is -0.340. The van der Waals surface area contributed by atoms with E-state index in [1.54, 1.807) is 0 Å². The first-order valence-corrected chi connectivity index (χ1v) is 7.14. The molecule has 2 heteroatoms. The second-order valence-corrected chi connectivity index (χ2v) is 4.89. The van der Waals surface area contributed by atoms with Crippen LogP contribution in [0.3, 0.4) is 0 Å². The van der Waals surface area contributed by atoms with Gasteiger partial charge in [-0.05, 0) is 31.7 Å². The molecule has 16 heavy (non-hydrogen) atoms. The van der Waals surface area contributed by atoms with Gasteiger partial charge in [-0.3, -0.25) is 0 Å². The largest absolute Gasteiger partial charge is 0.381 e. The molecule has 0 saturated carbocycles. The molecule has 0 aliphatic rings. The van der Waals surface area contributed by atoms with E-state index in [-0.39, 0.29) is 0 Å². The summed E-state index contributed by atoms with van der Waals surface area (Å²) < 4.78 is 5.60. The van der Waals surface area contributed by atoms with Crippen LogP contribution in [-0.4, -0.2) is 18.5 Å². The van der Waals surface area contributed by atoms with E-state index in [1.165, 1.54) is 30.4 Å². The van der Waals surface area contributed by atoms with E-state index in [0.717, 1.165) is 25.0 Å². The Morgan fingerprint density at radius 1 is 1.00 bits per heavy atom. The van der Waals surface area contributed by atoms with Gasteiger partial charge in [-0.25, -0.2) is 0 Å². The molecule has 1 rings (SSSR count). The van der Waals surface area contributed by atoms with Crippen molar-refractivity contribution in [2.45, 2.75) is 32.6 Å². The van der Waals surface area contributed by atoms with Crippen LogP contribution in [0.4, 0.5) is 0 Å². The van der Waals surface area contributed by atoms with Crippen LogP contribution in [0, 0.1) is 6.92 Å². The smallest absolute Gasteiger partial charge is 0.0506 e. The third-order valence-corrected chi connectivity index (χ3v) is 3.14. The predicted molar refractivity (Wildman–Crippen MR) is 73.3 cm³/mol. The maximum absolute atomic E-state index is 5.60. The average Bonchev–Trinajstić information content (AvgIpc) is 2.30. The van der Waals surface area contributed by atoms with E-state index in [9.17, 15) is 0 Å². The molecular weight excluding hydrogens is 264 g/mol. The molecule has 0 N–H and O–H groups in total. The van der Waals surface area contributed by atoms with Crippen LogP contribution in [0.2, 0.25) is 0 Å². The lowest BCUT2D eigenvalue weighted by molar-refractivity contribution is 0.133. The number of aryl methyl sites for hydroxylation is 1. The normalized spacial score (nSPS) is 10.6. The van der Waals surface area contributed by atoms with Gasteiger partial charge in [-0.1, -0.05) is 52.2 Å². The van der Waals surface area contributed by atoms with E-state index in [4.69, 9.17) is 4.74 Å². The SMILES string of the molecule is Cc1ccc(CCOCCCCCBr)cc1. The van der Waals surface area contributed by atoms with Crippen molar-refractivity contribution in [1.82, 2.24) is 0 Å². The molecule has 0 spiro atoms. The molecule has 0 unspecified atom stereocenters. The first-order valence-electron chi connectivity index (χ1n) is 6.02. The standard InChI is InChI=1S/C14H21BrO/c1-13-5-7-14(8-6-13)9-12-16-11-4-2-3-10-15/h5-8H,2-4,9-12H2,1H3. The lowest BCUT2D eigenvalue weighted by Crippen LogP contribution is -2.00. The molecule has 0 aliphatic heterocycles. The van der Waals surface area contributed by atoms with Gasteiger partial charge in [0.1, 0.15) is 0 Å². The quantitative estimate of drug-likeness (QED) is 0.515. The van der Waals surface area contributed by atoms with Crippen molar-refractivity contribution >= 4 is 15.9 Å². The summed E-state index contributed by atoms with van der Waals surface area (Å²) in [6.45, 7) is 3.86. The Labute approximate surface area is 107 Å². The van der Waals surface area contributed by atoms with Crippen LogP contribution in [0.15, 0.2) is 24.3 Å². The molecule has 0 atom stereocenters. The lowest BCUT2D eigenvalue weighted by atomic mass is 10.1. The minimum absolute atomic E-state index is 0.845. The highest BCUT2D eigenvalue weighted by atomic mass is 79.9. The molecular formula is C14H21BrO. The van der Waals surface area contributed by atoms with Crippen LogP contribution < -0.4 is 0 Å². The molecule has 1 aromatic carbocycles. The van der Waals surface area contributed by atoms with Gasteiger partial charge in [0.15, 0.2) is 0 Å². The van der Waals surface area contributed by atoms with Crippen molar-refractivity contribution in [3.05, 3.63) is 35.4 Å². The summed E-state index contributed by atoms with van der Waals surface area (Å²) in [4.78, 5) is 0. The Morgan fingerprint density at radius 3 is 2.44 bits per heavy atom. The van der Waals surface area contributed by atoms with E-state index >= 15 is 0 Å². The molecule has 0 radical (unpaired) electrons. The molecule has 0 aromatic heterocycles. The Bertz CT molecular complexity index is 269. The van der Waals surface area contributed by atoms with Crippen molar-refractivity contribution in [3.63, 3.8) is 0 Å². The summed E-state index contributed by atoms with van der Waals surface area (Å²) in [6, 6.07) is 8.68. The number of hydrogen-bond donors (Lipinski definition) is 0. The van der Waals surface area contributed by atoms with Crippen LogP contribution >= 0.6 is 15.9 Å². The van der Waals surface area contributed by atoms with Crippen molar-refractivity contribution in [2.24, 2.45) is 0 Å². The van der Waals surface area contributed by atoms with E-state index < -0.39 is 0 Å². The summed E-state index contributed by atoms with van der Waals surface area (Å²) in [6.07, 6.45) is 4.72. The summed E-state index contributed by atoms with van der Waals surface area (Å²) in [5, 5.41) is 1.11. The average molecular weight is 285 g/mol. The maximum Gasteiger partial charge on any atom is 0.0506 e. The molecule has 0 fully saturated rings. The number of unbranched alkanes of at least 4 members (excludes halogenated alkanes) is 2. The topological polar surface area (TPSA) is 9.23 Å². The number of benzene rings is 1. The van der Waals surface area contributed by atoms with E-state index in [0.29, 0.717) is 0 Å². The van der Waals surface area contributed by atoms with Gasteiger partial charge in [-0.2, -0.15) is 0 Å². The monoisotopic (exact) mass is 284 g/mol. The fourth-order valence-electron chi connectivity index (χ4n) is 1.52. The van der Waals surface area contributed by atoms with Gasteiger partial charge in [0, 0.05) is 11.9 Å². The zero-order valence-electron chi connectivity index (χ0n) is 10.0. The molecule has 1 aromatic rings. The third-order valence-electron chi connectivity index (χ3n) is 2.58. The first kappa shape index (κ1) is 13.7. The van der Waals surface area contributed by atoms with Crippen LogP contribution in [-0.2, 0) is 11.2 Å². The molecule has 0 bridgehead atoms. The minimum atomic E-state index is 0.845. The zero-order valence-corrected chi connectivity index (χ0v) is 11.6. The number of ether oxygens (including phenoxy) is 1. The van der Waals surface area contributed by atoms with Gasteiger partial charge in [0.2, 0.25) is 0 Å². The Kier molecular flexibility index (Phi) is 7.52. The fraction of sp³-hybridized carbons (Fsp3) is 0.571. The predicted octanol–water partition coefficient (Wildman–Crippen LogP) is 4.12. The maximum atomic E-state index is 5.60. The van der Waals surface area contributed by atoms with Gasteiger partial charge >= 0.3 is 0 Å². The van der Waals surface area contributed by atoms with Crippen molar-refractivity contribution in [3.8, 4) is 0 Å². The van der Waals surface area contributed by atoms with Gasteiger partial charge < -0.3 is 4.74 Å². The van der Waals surface area contributed by atoms with Crippen LogP contribution in [0.1, 0.15) is 30.4 Å². The number of halogens is 1. The van der Waals surface area contributed by atoms with Gasteiger partial charge in [0.25, 0.3) is 0 Å². The number of hydrogen-bond acceptors (Lipinski definition) is 1.